The number of thiophene rings is 1. The Balaban J connectivity index is 1.72. The number of para-hydroxylation sites is 1. The van der Waals surface area contributed by atoms with Crippen LogP contribution in [0, 0.1) is 0 Å². The predicted octanol–water partition coefficient (Wildman–Crippen LogP) is 2.87. The molecule has 0 bridgehead atoms. The van der Waals surface area contributed by atoms with Gasteiger partial charge >= 0.3 is 0 Å². The summed E-state index contributed by atoms with van der Waals surface area (Å²) in [6, 6.07) is 12.1. The van der Waals surface area contributed by atoms with E-state index in [9.17, 15) is 0 Å². The van der Waals surface area contributed by atoms with Gasteiger partial charge in [-0.25, -0.2) is 4.68 Å². The maximum Gasteiger partial charge on any atom is 0.0866 e. The van der Waals surface area contributed by atoms with Gasteiger partial charge in [0.2, 0.25) is 0 Å². The quantitative estimate of drug-likeness (QED) is 0.808. The summed E-state index contributed by atoms with van der Waals surface area (Å²) in [6.45, 7) is 0. The van der Waals surface area contributed by atoms with Gasteiger partial charge in [-0.3, -0.25) is 0 Å². The molecule has 0 amide bonds. The van der Waals surface area contributed by atoms with E-state index in [2.05, 4.69) is 16.4 Å². The molecule has 0 radical (unpaired) electrons. The molecular weight excluding hydrogens is 280 g/mol. The fourth-order valence-corrected chi connectivity index (χ4v) is 4.15. The summed E-state index contributed by atoms with van der Waals surface area (Å²) >= 11 is 1.84. The molecule has 3 aromatic rings. The molecule has 1 atom stereocenters. The zero-order chi connectivity index (χ0) is 14.2. The lowest BCUT2D eigenvalue weighted by Crippen LogP contribution is -2.15. The van der Waals surface area contributed by atoms with Crippen LogP contribution in [0.15, 0.2) is 42.6 Å². The van der Waals surface area contributed by atoms with E-state index in [1.165, 1.54) is 34.6 Å². The molecule has 1 unspecified atom stereocenters. The normalized spacial score (nSPS) is 15.1. The molecule has 1 aliphatic carbocycles. The number of rotatable bonds is 3. The predicted molar refractivity (Wildman–Crippen MR) is 83.7 cm³/mol. The largest absolute Gasteiger partial charge is 0.318 e. The summed E-state index contributed by atoms with van der Waals surface area (Å²) in [4.78, 5) is 2.71. The maximum atomic E-state index is 6.47. The summed E-state index contributed by atoms with van der Waals surface area (Å²) in [6.07, 6.45) is 5.43. The van der Waals surface area contributed by atoms with Gasteiger partial charge in [0.25, 0.3) is 0 Å². The number of hydrogen-bond acceptors (Lipinski definition) is 4. The van der Waals surface area contributed by atoms with Gasteiger partial charge in [0.05, 0.1) is 23.6 Å². The van der Waals surface area contributed by atoms with Gasteiger partial charge in [-0.2, -0.15) is 0 Å². The fourth-order valence-electron chi connectivity index (χ4n) is 2.88. The van der Waals surface area contributed by atoms with Crippen LogP contribution in [0.4, 0.5) is 0 Å². The molecular formula is C16H16N4S. The van der Waals surface area contributed by atoms with Crippen LogP contribution in [0.1, 0.15) is 33.5 Å². The van der Waals surface area contributed by atoms with E-state index in [0.29, 0.717) is 0 Å². The van der Waals surface area contributed by atoms with Gasteiger partial charge in [0.15, 0.2) is 0 Å². The lowest BCUT2D eigenvalue weighted by molar-refractivity contribution is 0.725. The van der Waals surface area contributed by atoms with Gasteiger partial charge in [0, 0.05) is 9.75 Å². The Morgan fingerprint density at radius 1 is 1.19 bits per heavy atom. The van der Waals surface area contributed by atoms with Crippen LogP contribution in [0.2, 0.25) is 0 Å². The summed E-state index contributed by atoms with van der Waals surface area (Å²) in [5, 5.41) is 8.23. The second-order valence-corrected chi connectivity index (χ2v) is 6.50. The highest BCUT2D eigenvalue weighted by atomic mass is 32.1. The van der Waals surface area contributed by atoms with Crippen molar-refractivity contribution in [1.82, 2.24) is 15.0 Å². The molecule has 0 saturated heterocycles. The van der Waals surface area contributed by atoms with Crippen molar-refractivity contribution < 1.29 is 0 Å². The molecule has 21 heavy (non-hydrogen) atoms. The minimum atomic E-state index is -0.171. The molecule has 2 aromatic heterocycles. The average Bonchev–Trinajstić information content (AvgIpc) is 3.22. The van der Waals surface area contributed by atoms with Crippen molar-refractivity contribution in [3.8, 4) is 5.69 Å². The number of hydrogen-bond donors (Lipinski definition) is 1. The Kier molecular flexibility index (Phi) is 3.09. The van der Waals surface area contributed by atoms with Gasteiger partial charge < -0.3 is 5.73 Å². The standard InChI is InChI=1S/C16H16N4S/c17-16(15-9-11-5-4-8-14(11)21-15)13-10-18-19-20(13)12-6-2-1-3-7-12/h1-3,6-7,9-10,16H,4-5,8,17H2. The SMILES string of the molecule is NC(c1cc2c(s1)CCC2)c1cnnn1-c1ccccc1. The Labute approximate surface area is 127 Å². The van der Waals surface area contributed by atoms with Crippen molar-refractivity contribution in [2.24, 2.45) is 5.73 Å². The molecule has 1 aromatic carbocycles. The summed E-state index contributed by atoms with van der Waals surface area (Å²) in [5.41, 5.74) is 9.87. The highest BCUT2D eigenvalue weighted by Crippen LogP contribution is 2.35. The molecule has 0 spiro atoms. The first kappa shape index (κ1) is 12.7. The second kappa shape index (κ2) is 5.09. The smallest absolute Gasteiger partial charge is 0.0866 e. The molecule has 1 aliphatic rings. The lowest BCUT2D eigenvalue weighted by Gasteiger charge is -2.12. The molecule has 2 N–H and O–H groups in total. The van der Waals surface area contributed by atoms with Crippen molar-refractivity contribution >= 4 is 11.3 Å². The lowest BCUT2D eigenvalue weighted by atomic mass is 10.1. The molecule has 0 saturated carbocycles. The second-order valence-electron chi connectivity index (χ2n) is 5.33. The van der Waals surface area contributed by atoms with Gasteiger partial charge in [-0.15, -0.1) is 16.4 Å². The maximum absolute atomic E-state index is 6.47. The third-order valence-corrected chi connectivity index (χ3v) is 5.29. The fraction of sp³-hybridized carbons (Fsp3) is 0.250. The number of aryl methyl sites for hydroxylation is 2. The Morgan fingerprint density at radius 2 is 2.05 bits per heavy atom. The molecule has 106 valence electrons. The highest BCUT2D eigenvalue weighted by molar-refractivity contribution is 7.12. The van der Waals surface area contributed by atoms with Gasteiger partial charge in [-0.05, 0) is 43.0 Å². The van der Waals surface area contributed by atoms with E-state index in [1.54, 1.807) is 6.20 Å². The Bertz CT molecular complexity index is 738. The van der Waals surface area contributed by atoms with Crippen molar-refractivity contribution in [1.29, 1.82) is 0 Å². The first-order chi connectivity index (χ1) is 10.3. The number of nitrogens with two attached hydrogens (primary N) is 1. The van der Waals surface area contributed by atoms with Crippen LogP contribution < -0.4 is 5.73 Å². The van der Waals surface area contributed by atoms with E-state index < -0.39 is 0 Å². The minimum absolute atomic E-state index is 0.171. The van der Waals surface area contributed by atoms with Crippen LogP contribution in [0.3, 0.4) is 0 Å². The van der Waals surface area contributed by atoms with E-state index >= 15 is 0 Å². The Morgan fingerprint density at radius 3 is 2.86 bits per heavy atom. The number of aromatic nitrogens is 3. The zero-order valence-electron chi connectivity index (χ0n) is 11.6. The number of nitrogens with zero attached hydrogens (tertiary/aromatic N) is 3. The molecule has 5 heteroatoms. The van der Waals surface area contributed by atoms with Crippen LogP contribution in [-0.2, 0) is 12.8 Å². The average molecular weight is 296 g/mol. The van der Waals surface area contributed by atoms with Crippen molar-refractivity contribution in [3.63, 3.8) is 0 Å². The number of benzene rings is 1. The molecule has 4 rings (SSSR count). The number of fused-ring (bicyclic) bond motifs is 1. The minimum Gasteiger partial charge on any atom is -0.318 e. The highest BCUT2D eigenvalue weighted by Gasteiger charge is 2.22. The van der Waals surface area contributed by atoms with E-state index in [4.69, 9.17) is 5.73 Å². The van der Waals surface area contributed by atoms with Gasteiger partial charge in [-0.1, -0.05) is 23.4 Å². The van der Waals surface area contributed by atoms with Crippen LogP contribution in [0.25, 0.3) is 5.69 Å². The van der Waals surface area contributed by atoms with Crippen molar-refractivity contribution in [2.75, 3.05) is 0 Å². The Hall–Kier alpha value is -1.98. The zero-order valence-corrected chi connectivity index (χ0v) is 12.4. The van der Waals surface area contributed by atoms with E-state index in [-0.39, 0.29) is 6.04 Å². The first-order valence-corrected chi connectivity index (χ1v) is 7.97. The molecule has 4 nitrogen and oxygen atoms in total. The van der Waals surface area contributed by atoms with E-state index in [0.717, 1.165) is 11.4 Å². The van der Waals surface area contributed by atoms with Crippen molar-refractivity contribution in [2.45, 2.75) is 25.3 Å². The van der Waals surface area contributed by atoms with Crippen LogP contribution >= 0.6 is 11.3 Å². The van der Waals surface area contributed by atoms with E-state index in [1.807, 2.05) is 46.4 Å². The molecule has 0 fully saturated rings. The van der Waals surface area contributed by atoms with Crippen molar-refractivity contribution in [3.05, 3.63) is 63.6 Å². The topological polar surface area (TPSA) is 56.7 Å². The van der Waals surface area contributed by atoms with Crippen LogP contribution in [-0.4, -0.2) is 15.0 Å². The van der Waals surface area contributed by atoms with Crippen LogP contribution in [0.5, 0.6) is 0 Å². The molecule has 0 aliphatic heterocycles. The summed E-state index contributed by atoms with van der Waals surface area (Å²) < 4.78 is 1.83. The summed E-state index contributed by atoms with van der Waals surface area (Å²) in [5.74, 6) is 0. The van der Waals surface area contributed by atoms with Gasteiger partial charge in [0.1, 0.15) is 0 Å². The third kappa shape index (κ3) is 2.18. The monoisotopic (exact) mass is 296 g/mol. The molecule has 2 heterocycles. The summed E-state index contributed by atoms with van der Waals surface area (Å²) in [7, 11) is 0. The first-order valence-electron chi connectivity index (χ1n) is 7.16. The third-order valence-electron chi connectivity index (χ3n) is 3.97.